The second-order valence-corrected chi connectivity index (χ2v) is 3.96. The zero-order chi connectivity index (χ0) is 13.2. The molecule has 0 spiro atoms. The topological polar surface area (TPSA) is 45.7 Å². The molecule has 1 rings (SSSR count). The summed E-state index contributed by atoms with van der Waals surface area (Å²) in [7, 11) is 0. The monoisotopic (exact) mass is 249 g/mol. The van der Waals surface area contributed by atoms with Gasteiger partial charge in [-0.05, 0) is 38.5 Å². The highest BCUT2D eigenvalue weighted by Crippen LogP contribution is 2.11. The standard InChI is InChI=1S/C14H23N3O/c1-4-15-14(16-5-2)17-9-10-18-13-8-6-7-12(3)11-13/h6-8,11H,4-5,9-10H2,1-3H3,(H2,15,16,17). The minimum atomic E-state index is 0.587. The highest BCUT2D eigenvalue weighted by molar-refractivity contribution is 5.79. The van der Waals surface area contributed by atoms with Crippen molar-refractivity contribution in [3.05, 3.63) is 29.8 Å². The Morgan fingerprint density at radius 1 is 1.22 bits per heavy atom. The quantitative estimate of drug-likeness (QED) is 0.460. The average Bonchev–Trinajstić information content (AvgIpc) is 2.35. The van der Waals surface area contributed by atoms with Gasteiger partial charge < -0.3 is 15.4 Å². The molecule has 0 atom stereocenters. The lowest BCUT2D eigenvalue weighted by Crippen LogP contribution is -2.37. The Morgan fingerprint density at radius 3 is 2.56 bits per heavy atom. The third-order valence-electron chi connectivity index (χ3n) is 2.31. The molecular formula is C14H23N3O. The van der Waals surface area contributed by atoms with Crippen LogP contribution in [0.4, 0.5) is 0 Å². The van der Waals surface area contributed by atoms with Crippen molar-refractivity contribution in [3.63, 3.8) is 0 Å². The Morgan fingerprint density at radius 2 is 1.94 bits per heavy atom. The van der Waals surface area contributed by atoms with Crippen molar-refractivity contribution in [2.45, 2.75) is 20.8 Å². The number of nitrogens with one attached hydrogen (secondary N) is 2. The van der Waals surface area contributed by atoms with E-state index in [0.717, 1.165) is 24.8 Å². The molecule has 0 fully saturated rings. The van der Waals surface area contributed by atoms with Crippen molar-refractivity contribution in [3.8, 4) is 5.75 Å². The first-order valence-electron chi connectivity index (χ1n) is 6.48. The zero-order valence-corrected chi connectivity index (χ0v) is 11.5. The maximum atomic E-state index is 5.63. The first kappa shape index (κ1) is 14.4. The van der Waals surface area contributed by atoms with Crippen LogP contribution in [-0.2, 0) is 0 Å². The van der Waals surface area contributed by atoms with Crippen LogP contribution in [-0.4, -0.2) is 32.2 Å². The van der Waals surface area contributed by atoms with Crippen LogP contribution >= 0.6 is 0 Å². The molecule has 0 radical (unpaired) electrons. The molecule has 0 saturated carbocycles. The van der Waals surface area contributed by atoms with Crippen molar-refractivity contribution in [1.29, 1.82) is 0 Å². The maximum absolute atomic E-state index is 5.63. The molecule has 2 N–H and O–H groups in total. The van der Waals surface area contributed by atoms with E-state index in [4.69, 9.17) is 4.74 Å². The van der Waals surface area contributed by atoms with Crippen molar-refractivity contribution in [2.24, 2.45) is 4.99 Å². The van der Waals surface area contributed by atoms with Crippen LogP contribution in [0.15, 0.2) is 29.3 Å². The normalized spacial score (nSPS) is 9.72. The van der Waals surface area contributed by atoms with Gasteiger partial charge in [-0.25, -0.2) is 4.99 Å². The van der Waals surface area contributed by atoms with Crippen LogP contribution < -0.4 is 15.4 Å². The second kappa shape index (κ2) is 8.39. The van der Waals surface area contributed by atoms with Crippen molar-refractivity contribution in [2.75, 3.05) is 26.2 Å². The van der Waals surface area contributed by atoms with E-state index >= 15 is 0 Å². The lowest BCUT2D eigenvalue weighted by molar-refractivity contribution is 0.328. The number of guanidine groups is 1. The van der Waals surface area contributed by atoms with Gasteiger partial charge in [-0.15, -0.1) is 0 Å². The summed E-state index contributed by atoms with van der Waals surface area (Å²) in [5.41, 5.74) is 1.21. The molecule has 0 aromatic heterocycles. The summed E-state index contributed by atoms with van der Waals surface area (Å²) in [6.07, 6.45) is 0. The molecule has 0 heterocycles. The van der Waals surface area contributed by atoms with Gasteiger partial charge in [0.05, 0.1) is 6.54 Å². The summed E-state index contributed by atoms with van der Waals surface area (Å²) >= 11 is 0. The number of aliphatic imine (C=N–C) groups is 1. The smallest absolute Gasteiger partial charge is 0.191 e. The minimum absolute atomic E-state index is 0.587. The summed E-state index contributed by atoms with van der Waals surface area (Å²) in [6, 6.07) is 8.04. The van der Waals surface area contributed by atoms with Gasteiger partial charge in [0.1, 0.15) is 12.4 Å². The van der Waals surface area contributed by atoms with E-state index in [0.29, 0.717) is 13.2 Å². The minimum Gasteiger partial charge on any atom is -0.492 e. The molecule has 4 heteroatoms. The first-order valence-corrected chi connectivity index (χ1v) is 6.48. The molecule has 1 aromatic carbocycles. The highest BCUT2D eigenvalue weighted by atomic mass is 16.5. The van der Waals surface area contributed by atoms with Gasteiger partial charge >= 0.3 is 0 Å². The van der Waals surface area contributed by atoms with Gasteiger partial charge in [-0.3, -0.25) is 0 Å². The molecule has 0 unspecified atom stereocenters. The Labute approximate surface area is 109 Å². The van der Waals surface area contributed by atoms with Gasteiger partial charge in [0, 0.05) is 13.1 Å². The summed E-state index contributed by atoms with van der Waals surface area (Å²) in [4.78, 5) is 4.41. The molecule has 4 nitrogen and oxygen atoms in total. The Kier molecular flexibility index (Phi) is 6.69. The van der Waals surface area contributed by atoms with E-state index in [1.54, 1.807) is 0 Å². The van der Waals surface area contributed by atoms with Gasteiger partial charge in [0.2, 0.25) is 0 Å². The van der Waals surface area contributed by atoms with Crippen LogP contribution in [0.25, 0.3) is 0 Å². The Hall–Kier alpha value is -1.71. The van der Waals surface area contributed by atoms with E-state index in [-0.39, 0.29) is 0 Å². The number of hydrogen-bond acceptors (Lipinski definition) is 2. The van der Waals surface area contributed by atoms with Crippen molar-refractivity contribution >= 4 is 5.96 Å². The molecule has 100 valence electrons. The van der Waals surface area contributed by atoms with Gasteiger partial charge in [-0.1, -0.05) is 12.1 Å². The van der Waals surface area contributed by atoms with Gasteiger partial charge in [0.25, 0.3) is 0 Å². The number of benzene rings is 1. The fourth-order valence-electron chi connectivity index (χ4n) is 1.54. The van der Waals surface area contributed by atoms with Crippen LogP contribution in [0.1, 0.15) is 19.4 Å². The summed E-state index contributed by atoms with van der Waals surface area (Å²) in [5, 5.41) is 6.35. The van der Waals surface area contributed by atoms with Crippen LogP contribution in [0.3, 0.4) is 0 Å². The van der Waals surface area contributed by atoms with Crippen molar-refractivity contribution in [1.82, 2.24) is 10.6 Å². The first-order chi connectivity index (χ1) is 8.76. The zero-order valence-electron chi connectivity index (χ0n) is 11.5. The van der Waals surface area contributed by atoms with Crippen molar-refractivity contribution < 1.29 is 4.74 Å². The van der Waals surface area contributed by atoms with E-state index < -0.39 is 0 Å². The third-order valence-corrected chi connectivity index (χ3v) is 2.31. The fourth-order valence-corrected chi connectivity index (χ4v) is 1.54. The Balaban J connectivity index is 2.34. The number of nitrogens with zero attached hydrogens (tertiary/aromatic N) is 1. The number of hydrogen-bond donors (Lipinski definition) is 2. The molecular weight excluding hydrogens is 226 g/mol. The van der Waals surface area contributed by atoms with Gasteiger partial charge in [-0.2, -0.15) is 0 Å². The molecule has 0 saturated heterocycles. The largest absolute Gasteiger partial charge is 0.492 e. The van der Waals surface area contributed by atoms with E-state index in [9.17, 15) is 0 Å². The predicted octanol–water partition coefficient (Wildman–Crippen LogP) is 1.95. The summed E-state index contributed by atoms with van der Waals surface area (Å²) < 4.78 is 5.63. The maximum Gasteiger partial charge on any atom is 0.191 e. The summed E-state index contributed by atoms with van der Waals surface area (Å²) in [6.45, 7) is 9.12. The lowest BCUT2D eigenvalue weighted by atomic mass is 10.2. The van der Waals surface area contributed by atoms with Crippen LogP contribution in [0, 0.1) is 6.92 Å². The average molecular weight is 249 g/mol. The SMILES string of the molecule is CCNC(=NCCOc1cccc(C)c1)NCC. The Bertz CT molecular complexity index is 369. The number of ether oxygens (including phenoxy) is 1. The van der Waals surface area contributed by atoms with E-state index in [1.807, 2.05) is 18.2 Å². The second-order valence-electron chi connectivity index (χ2n) is 3.96. The molecule has 0 aliphatic rings. The molecule has 0 aliphatic carbocycles. The predicted molar refractivity (Wildman–Crippen MR) is 76.3 cm³/mol. The highest BCUT2D eigenvalue weighted by Gasteiger charge is 1.95. The number of aryl methyl sites for hydroxylation is 1. The molecule has 1 aromatic rings. The van der Waals surface area contributed by atoms with E-state index in [2.05, 4.69) is 42.5 Å². The summed E-state index contributed by atoms with van der Waals surface area (Å²) in [5.74, 6) is 1.74. The van der Waals surface area contributed by atoms with Crippen LogP contribution in [0.5, 0.6) is 5.75 Å². The van der Waals surface area contributed by atoms with E-state index in [1.165, 1.54) is 5.56 Å². The van der Waals surface area contributed by atoms with Gasteiger partial charge in [0.15, 0.2) is 5.96 Å². The molecule has 0 amide bonds. The molecule has 0 aliphatic heterocycles. The molecule has 18 heavy (non-hydrogen) atoms. The lowest BCUT2D eigenvalue weighted by Gasteiger charge is -2.09. The van der Waals surface area contributed by atoms with Crippen LogP contribution in [0.2, 0.25) is 0 Å². The third kappa shape index (κ3) is 5.57. The fraction of sp³-hybridized carbons (Fsp3) is 0.500. The number of rotatable bonds is 6. The molecule has 0 bridgehead atoms.